The molecular weight excluding hydrogens is 443 g/mol. The molecule has 8 heteroatoms. The van der Waals surface area contributed by atoms with E-state index in [0.717, 1.165) is 58.4 Å². The van der Waals surface area contributed by atoms with Crippen LogP contribution >= 0.6 is 0 Å². The number of aromatic nitrogens is 3. The molecule has 7 nitrogen and oxygen atoms in total. The number of anilines is 3. The molecule has 0 unspecified atom stereocenters. The van der Waals surface area contributed by atoms with Gasteiger partial charge in [0.2, 0.25) is 0 Å². The van der Waals surface area contributed by atoms with Gasteiger partial charge in [0.15, 0.2) is 0 Å². The van der Waals surface area contributed by atoms with Crippen LogP contribution in [0.4, 0.5) is 21.5 Å². The van der Waals surface area contributed by atoms with Gasteiger partial charge in [0.05, 0.1) is 16.9 Å². The smallest absolute Gasteiger partial charge is 0.258 e. The lowest BCUT2D eigenvalue weighted by Gasteiger charge is -2.27. The van der Waals surface area contributed by atoms with Crippen molar-refractivity contribution in [3.63, 3.8) is 0 Å². The summed E-state index contributed by atoms with van der Waals surface area (Å²) in [5, 5.41) is 9.61. The fraction of sp³-hybridized carbons (Fsp3) is 0.185. The summed E-state index contributed by atoms with van der Waals surface area (Å²) >= 11 is 0. The number of H-pyrrole nitrogens is 1. The highest BCUT2D eigenvalue weighted by atomic mass is 19.1. The lowest BCUT2D eigenvalue weighted by Crippen LogP contribution is -2.30. The molecule has 0 saturated carbocycles. The molecule has 0 spiro atoms. The average molecular weight is 469 g/mol. The van der Waals surface area contributed by atoms with E-state index in [1.165, 1.54) is 12.1 Å². The van der Waals surface area contributed by atoms with E-state index in [9.17, 15) is 9.18 Å². The fourth-order valence-corrected chi connectivity index (χ4v) is 4.96. The van der Waals surface area contributed by atoms with Crippen LogP contribution in [0.3, 0.4) is 0 Å². The highest BCUT2D eigenvalue weighted by Gasteiger charge is 2.28. The Hall–Kier alpha value is -4.33. The van der Waals surface area contributed by atoms with Crippen LogP contribution in [0.15, 0.2) is 71.9 Å². The van der Waals surface area contributed by atoms with Gasteiger partial charge in [0.25, 0.3) is 5.56 Å². The van der Waals surface area contributed by atoms with Gasteiger partial charge in [0, 0.05) is 72.8 Å². The quantitative estimate of drug-likeness (QED) is 0.426. The highest BCUT2D eigenvalue weighted by Crippen LogP contribution is 2.37. The first-order valence-corrected chi connectivity index (χ1v) is 11.7. The number of benzene rings is 1. The number of aromatic amines is 1. The molecule has 6 rings (SSSR count). The number of fused-ring (bicyclic) bond motifs is 2. The zero-order valence-electron chi connectivity index (χ0n) is 19.3. The van der Waals surface area contributed by atoms with Gasteiger partial charge in [0.1, 0.15) is 5.82 Å². The number of hydrogen-bond donors (Lipinski definition) is 2. The van der Waals surface area contributed by atoms with Crippen molar-refractivity contribution in [1.82, 2.24) is 20.1 Å². The molecule has 1 aliphatic carbocycles. The Morgan fingerprint density at radius 3 is 2.80 bits per heavy atom. The van der Waals surface area contributed by atoms with Crippen molar-refractivity contribution in [2.45, 2.75) is 13.0 Å². The summed E-state index contributed by atoms with van der Waals surface area (Å²) < 4.78 is 15.5. The van der Waals surface area contributed by atoms with E-state index in [2.05, 4.69) is 32.4 Å². The zero-order valence-corrected chi connectivity index (χ0v) is 19.3. The van der Waals surface area contributed by atoms with Gasteiger partial charge >= 0.3 is 0 Å². The van der Waals surface area contributed by atoms with Gasteiger partial charge in [-0.15, -0.1) is 0 Å². The maximum absolute atomic E-state index is 13.6. The minimum atomic E-state index is -0.274. The highest BCUT2D eigenvalue weighted by molar-refractivity contribution is 5.93. The van der Waals surface area contributed by atoms with E-state index in [1.54, 1.807) is 18.3 Å². The Balaban J connectivity index is 1.45. The van der Waals surface area contributed by atoms with Crippen molar-refractivity contribution in [3.8, 4) is 11.1 Å². The molecule has 3 aliphatic heterocycles. The Bertz CT molecular complexity index is 1570. The minimum Gasteiger partial charge on any atom is -0.384 e. The van der Waals surface area contributed by atoms with Crippen molar-refractivity contribution < 1.29 is 4.39 Å². The second-order valence-corrected chi connectivity index (χ2v) is 8.78. The molecule has 4 heterocycles. The summed E-state index contributed by atoms with van der Waals surface area (Å²) in [5.74, 6) is -0.274. The largest absolute Gasteiger partial charge is 0.384 e. The molecule has 0 radical (unpaired) electrons. The summed E-state index contributed by atoms with van der Waals surface area (Å²) in [6, 6.07) is 12.5. The number of halogens is 1. The first kappa shape index (κ1) is 21.2. The van der Waals surface area contributed by atoms with Crippen molar-refractivity contribution in [2.75, 3.05) is 29.9 Å². The van der Waals surface area contributed by atoms with Gasteiger partial charge in [-0.2, -0.15) is 5.10 Å². The SMILES string of the molecule is CN1C=CC(NCCCn2cccn2)=c2ccc3c4c([nH]c(=O)c-4c21)=CCN3c1ccc(F)cc1. The van der Waals surface area contributed by atoms with Crippen LogP contribution in [0.5, 0.6) is 0 Å². The summed E-state index contributed by atoms with van der Waals surface area (Å²) in [7, 11) is 1.96. The van der Waals surface area contributed by atoms with Crippen molar-refractivity contribution >= 4 is 28.8 Å². The Labute approximate surface area is 201 Å². The molecule has 2 N–H and O–H groups in total. The van der Waals surface area contributed by atoms with Gasteiger partial charge in [-0.1, -0.05) is 0 Å². The first-order valence-electron chi connectivity index (χ1n) is 11.7. The van der Waals surface area contributed by atoms with Crippen molar-refractivity contribution in [3.05, 3.63) is 93.9 Å². The van der Waals surface area contributed by atoms with E-state index >= 15 is 0 Å². The third-order valence-electron chi connectivity index (χ3n) is 6.60. The predicted molar refractivity (Wildman–Crippen MR) is 137 cm³/mol. The average Bonchev–Trinajstić information content (AvgIpc) is 3.44. The summed E-state index contributed by atoms with van der Waals surface area (Å²) in [6.07, 6.45) is 10.7. The Kier molecular flexibility index (Phi) is 5.13. The molecule has 2 aromatic rings. The zero-order chi connectivity index (χ0) is 23.9. The van der Waals surface area contributed by atoms with Gasteiger partial charge in [-0.25, -0.2) is 4.39 Å². The van der Waals surface area contributed by atoms with Crippen molar-refractivity contribution in [2.24, 2.45) is 0 Å². The van der Waals surface area contributed by atoms with Crippen LogP contribution in [-0.4, -0.2) is 34.9 Å². The molecule has 176 valence electrons. The number of hydrogen-bond acceptors (Lipinski definition) is 5. The van der Waals surface area contributed by atoms with Gasteiger partial charge < -0.3 is 20.1 Å². The van der Waals surface area contributed by atoms with E-state index in [1.807, 2.05) is 47.2 Å². The third-order valence-corrected chi connectivity index (χ3v) is 6.60. The summed E-state index contributed by atoms with van der Waals surface area (Å²) in [6.45, 7) is 2.18. The van der Waals surface area contributed by atoms with E-state index in [4.69, 9.17) is 0 Å². The molecule has 1 aromatic heterocycles. The third kappa shape index (κ3) is 3.67. The Morgan fingerprint density at radius 1 is 1.14 bits per heavy atom. The van der Waals surface area contributed by atoms with Crippen molar-refractivity contribution in [1.29, 1.82) is 0 Å². The van der Waals surface area contributed by atoms with Gasteiger partial charge in [-0.3, -0.25) is 9.48 Å². The van der Waals surface area contributed by atoms with E-state index in [0.29, 0.717) is 12.1 Å². The second kappa shape index (κ2) is 8.47. The standard InChI is InChI=1S/C27H25FN6O/c1-32-16-10-21(29-12-2-14-33-15-3-13-30-33)20-8-9-23-24-22(31-27(35)25(24)26(20)32)11-17-34(23)19-6-4-18(28)5-7-19/h3-11,13,15-16,29H,2,12,14,17H2,1H3,(H,31,35). The molecule has 0 amide bonds. The van der Waals surface area contributed by atoms with Crippen LogP contribution in [0.2, 0.25) is 0 Å². The number of nitrogens with one attached hydrogen (secondary N) is 2. The molecule has 0 saturated heterocycles. The molecule has 4 aliphatic rings. The monoisotopic (exact) mass is 468 g/mol. The number of rotatable bonds is 6. The predicted octanol–water partition coefficient (Wildman–Crippen LogP) is 2.50. The molecular formula is C27H25FN6O. The molecule has 0 atom stereocenters. The topological polar surface area (TPSA) is 69.2 Å². The first-order chi connectivity index (χ1) is 17.1. The Morgan fingerprint density at radius 2 is 2.00 bits per heavy atom. The second-order valence-electron chi connectivity index (χ2n) is 8.78. The number of aryl methyl sites for hydroxylation is 1. The minimum absolute atomic E-state index is 0.110. The fourth-order valence-electron chi connectivity index (χ4n) is 4.96. The normalized spacial score (nSPS) is 14.3. The van der Waals surface area contributed by atoms with Crippen LogP contribution in [0.25, 0.3) is 22.9 Å². The van der Waals surface area contributed by atoms with E-state index in [-0.39, 0.29) is 11.4 Å². The lowest BCUT2D eigenvalue weighted by atomic mass is 10.0. The summed E-state index contributed by atoms with van der Waals surface area (Å²) in [5.41, 5.74) is 5.06. The van der Waals surface area contributed by atoms with E-state index < -0.39 is 0 Å². The molecule has 1 aromatic carbocycles. The number of nitrogens with zero attached hydrogens (tertiary/aromatic N) is 4. The maximum atomic E-state index is 13.6. The van der Waals surface area contributed by atoms with Crippen LogP contribution in [0, 0.1) is 5.82 Å². The molecule has 0 fully saturated rings. The molecule has 0 bridgehead atoms. The van der Waals surface area contributed by atoms with Crippen LogP contribution < -0.4 is 31.2 Å². The maximum Gasteiger partial charge on any atom is 0.258 e. The van der Waals surface area contributed by atoms with Gasteiger partial charge in [-0.05, 0) is 61.0 Å². The van der Waals surface area contributed by atoms with Crippen LogP contribution in [-0.2, 0) is 6.54 Å². The summed E-state index contributed by atoms with van der Waals surface area (Å²) in [4.78, 5) is 20.4. The van der Waals surface area contributed by atoms with Crippen LogP contribution in [0.1, 0.15) is 6.42 Å². The molecule has 35 heavy (non-hydrogen) atoms. The lowest BCUT2D eigenvalue weighted by molar-refractivity contribution is 0.571.